The zero-order valence-corrected chi connectivity index (χ0v) is 18.1. The summed E-state index contributed by atoms with van der Waals surface area (Å²) in [6, 6.07) is 11.2. The van der Waals surface area contributed by atoms with Crippen molar-refractivity contribution in [2.45, 2.75) is 63.8 Å². The van der Waals surface area contributed by atoms with Gasteiger partial charge in [-0.25, -0.2) is 4.99 Å². The van der Waals surface area contributed by atoms with Gasteiger partial charge in [-0.15, -0.1) is 0 Å². The molecule has 1 amide bonds. The molecule has 0 bridgehead atoms. The number of likely N-dealkylation sites (tertiary alicyclic amines) is 1. The summed E-state index contributed by atoms with van der Waals surface area (Å²) in [6.45, 7) is 3.58. The van der Waals surface area contributed by atoms with Crippen molar-refractivity contribution in [1.29, 1.82) is 0 Å². The number of carbonyl (C=O) groups excluding carboxylic acids is 1. The maximum Gasteiger partial charge on any atom is 0.222 e. The molecule has 1 aliphatic heterocycles. The van der Waals surface area contributed by atoms with Gasteiger partial charge in [-0.1, -0.05) is 43.3 Å². The summed E-state index contributed by atoms with van der Waals surface area (Å²) in [5.74, 6) is 0.871. The number of hydrogen-bond donors (Lipinski definition) is 0. The number of carbonyl (C=O) groups is 1. The van der Waals surface area contributed by atoms with E-state index in [9.17, 15) is 4.79 Å². The Hall–Kier alpha value is -1.98. The quantitative estimate of drug-likeness (QED) is 0.511. The topological polar surface area (TPSA) is 45.1 Å². The van der Waals surface area contributed by atoms with E-state index in [2.05, 4.69) is 48.4 Å². The van der Waals surface area contributed by atoms with E-state index in [1.807, 2.05) is 18.0 Å². The van der Waals surface area contributed by atoms with Crippen LogP contribution in [0.5, 0.6) is 0 Å². The molecule has 0 aromatic heterocycles. The Kier molecular flexibility index (Phi) is 8.01. The summed E-state index contributed by atoms with van der Waals surface area (Å²) in [6.07, 6.45) is 9.88. The molecule has 2 atom stereocenters. The molecule has 1 unspecified atom stereocenters. The van der Waals surface area contributed by atoms with Crippen molar-refractivity contribution in [3.63, 3.8) is 0 Å². The van der Waals surface area contributed by atoms with Crippen LogP contribution >= 0.6 is 0 Å². The molecule has 1 saturated heterocycles. The molecule has 1 aromatic carbocycles. The Balaban J connectivity index is 1.52. The number of allylic oxidation sites excluding steroid dienone is 2. The van der Waals surface area contributed by atoms with Gasteiger partial charge in [0.05, 0.1) is 0 Å². The zero-order valence-electron chi connectivity index (χ0n) is 18.1. The molecule has 2 aliphatic rings. The van der Waals surface area contributed by atoms with Gasteiger partial charge in [-0.3, -0.25) is 9.69 Å². The van der Waals surface area contributed by atoms with Crippen LogP contribution in [0, 0.1) is 0 Å². The van der Waals surface area contributed by atoms with Gasteiger partial charge >= 0.3 is 0 Å². The Morgan fingerprint density at radius 1 is 1.28 bits per heavy atom. The minimum atomic E-state index is -0.277. The molecular formula is C24H35N3O2. The summed E-state index contributed by atoms with van der Waals surface area (Å²) in [7, 11) is 3.79. The minimum absolute atomic E-state index is 0.255. The van der Waals surface area contributed by atoms with E-state index in [1.54, 1.807) is 7.11 Å². The van der Waals surface area contributed by atoms with Crippen LogP contribution in [-0.2, 0) is 9.53 Å². The normalized spacial score (nSPS) is 22.1. The standard InChI is InChI=1S/C24H35N3O2/c1-4-23(28)27-16-14-22(15-17-27)26(2)24(29-3)25-18-19-10-12-21(13-11-19)20-8-6-5-7-9-20/h5-10,18,21-22,24H,4,11-17H2,1-3H3/b25-18-/t21-,24?/m1/s1. The summed E-state index contributed by atoms with van der Waals surface area (Å²) in [5, 5.41) is 0. The van der Waals surface area contributed by atoms with Crippen LogP contribution in [0.15, 0.2) is 47.0 Å². The predicted molar refractivity (Wildman–Crippen MR) is 118 cm³/mol. The van der Waals surface area contributed by atoms with Crippen molar-refractivity contribution in [1.82, 2.24) is 9.80 Å². The first-order valence-electron chi connectivity index (χ1n) is 10.9. The fraction of sp³-hybridized carbons (Fsp3) is 0.583. The maximum absolute atomic E-state index is 11.9. The van der Waals surface area contributed by atoms with Crippen LogP contribution in [0.25, 0.3) is 0 Å². The molecular weight excluding hydrogens is 362 g/mol. The third-order valence-electron chi connectivity index (χ3n) is 6.34. The van der Waals surface area contributed by atoms with Gasteiger partial charge in [0.2, 0.25) is 12.3 Å². The van der Waals surface area contributed by atoms with E-state index >= 15 is 0 Å². The monoisotopic (exact) mass is 397 g/mol. The highest BCUT2D eigenvalue weighted by atomic mass is 16.5. The van der Waals surface area contributed by atoms with E-state index in [1.165, 1.54) is 17.6 Å². The molecule has 5 nitrogen and oxygen atoms in total. The van der Waals surface area contributed by atoms with Crippen molar-refractivity contribution in [2.75, 3.05) is 27.2 Å². The van der Waals surface area contributed by atoms with Gasteiger partial charge < -0.3 is 9.64 Å². The van der Waals surface area contributed by atoms with Gasteiger partial charge in [0.1, 0.15) is 0 Å². The first kappa shape index (κ1) is 21.7. The van der Waals surface area contributed by atoms with Crippen molar-refractivity contribution < 1.29 is 9.53 Å². The summed E-state index contributed by atoms with van der Waals surface area (Å²) in [4.78, 5) is 20.8. The minimum Gasteiger partial charge on any atom is -0.347 e. The number of aliphatic imine (C=N–C) groups is 1. The zero-order chi connectivity index (χ0) is 20.6. The van der Waals surface area contributed by atoms with E-state index in [0.717, 1.165) is 38.8 Å². The van der Waals surface area contributed by atoms with Crippen molar-refractivity contribution in [3.8, 4) is 0 Å². The summed E-state index contributed by atoms with van der Waals surface area (Å²) < 4.78 is 5.66. The molecule has 5 heteroatoms. The number of hydrogen-bond acceptors (Lipinski definition) is 4. The number of methoxy groups -OCH3 is 1. The van der Waals surface area contributed by atoms with Crippen LogP contribution in [0.1, 0.15) is 56.9 Å². The average molecular weight is 398 g/mol. The molecule has 0 spiro atoms. The fourth-order valence-corrected chi connectivity index (χ4v) is 4.42. The number of rotatable bonds is 7. The average Bonchev–Trinajstić information content (AvgIpc) is 2.80. The molecule has 0 saturated carbocycles. The highest BCUT2D eigenvalue weighted by molar-refractivity contribution is 5.78. The highest BCUT2D eigenvalue weighted by Gasteiger charge is 2.28. The Labute approximate surface area is 175 Å². The molecule has 3 rings (SSSR count). The lowest BCUT2D eigenvalue weighted by molar-refractivity contribution is -0.133. The molecule has 0 radical (unpaired) electrons. The van der Waals surface area contributed by atoms with Gasteiger partial charge in [0, 0.05) is 38.9 Å². The molecule has 158 valence electrons. The second-order valence-corrected chi connectivity index (χ2v) is 8.13. The lowest BCUT2D eigenvalue weighted by atomic mass is 9.85. The largest absolute Gasteiger partial charge is 0.347 e. The smallest absolute Gasteiger partial charge is 0.222 e. The molecule has 1 aliphatic carbocycles. The first-order valence-corrected chi connectivity index (χ1v) is 10.9. The molecule has 29 heavy (non-hydrogen) atoms. The van der Waals surface area contributed by atoms with Crippen molar-refractivity contribution in [3.05, 3.63) is 47.5 Å². The van der Waals surface area contributed by atoms with Crippen molar-refractivity contribution in [2.24, 2.45) is 4.99 Å². The van der Waals surface area contributed by atoms with E-state index in [4.69, 9.17) is 9.73 Å². The third kappa shape index (κ3) is 5.77. The fourth-order valence-electron chi connectivity index (χ4n) is 4.42. The number of ether oxygens (including phenoxy) is 1. The number of benzene rings is 1. The van der Waals surface area contributed by atoms with E-state index in [-0.39, 0.29) is 12.3 Å². The lowest BCUT2D eigenvalue weighted by Gasteiger charge is -2.38. The van der Waals surface area contributed by atoms with Crippen LogP contribution < -0.4 is 0 Å². The number of piperidine rings is 1. The van der Waals surface area contributed by atoms with Crippen LogP contribution in [0.3, 0.4) is 0 Å². The number of nitrogens with zero attached hydrogens (tertiary/aromatic N) is 3. The third-order valence-corrected chi connectivity index (χ3v) is 6.34. The SMILES string of the molecule is CCC(=O)N1CCC(N(C)C(/N=C\C2=CC[C@@H](c3ccccc3)CC2)OC)CC1. The second kappa shape index (κ2) is 10.7. The molecule has 1 fully saturated rings. The van der Waals surface area contributed by atoms with Crippen LogP contribution in [-0.4, -0.2) is 61.6 Å². The lowest BCUT2D eigenvalue weighted by Crippen LogP contribution is -2.48. The molecule has 1 heterocycles. The molecule has 1 aromatic rings. The second-order valence-electron chi connectivity index (χ2n) is 8.13. The number of amides is 1. The van der Waals surface area contributed by atoms with Crippen LogP contribution in [0.4, 0.5) is 0 Å². The predicted octanol–water partition coefficient (Wildman–Crippen LogP) is 4.21. The first-order chi connectivity index (χ1) is 14.1. The molecule has 0 N–H and O–H groups in total. The Morgan fingerprint density at radius 3 is 2.59 bits per heavy atom. The van der Waals surface area contributed by atoms with Crippen LogP contribution in [0.2, 0.25) is 0 Å². The maximum atomic E-state index is 11.9. The van der Waals surface area contributed by atoms with E-state index in [0.29, 0.717) is 18.4 Å². The van der Waals surface area contributed by atoms with Gasteiger partial charge in [-0.2, -0.15) is 0 Å². The van der Waals surface area contributed by atoms with Gasteiger partial charge in [0.15, 0.2) is 0 Å². The summed E-state index contributed by atoms with van der Waals surface area (Å²) >= 11 is 0. The van der Waals surface area contributed by atoms with Crippen molar-refractivity contribution >= 4 is 12.1 Å². The highest BCUT2D eigenvalue weighted by Crippen LogP contribution is 2.31. The van der Waals surface area contributed by atoms with Gasteiger partial charge in [-0.05, 0) is 56.2 Å². The van der Waals surface area contributed by atoms with E-state index < -0.39 is 0 Å². The summed E-state index contributed by atoms with van der Waals surface area (Å²) in [5.41, 5.74) is 2.73. The Morgan fingerprint density at radius 2 is 2.00 bits per heavy atom. The Bertz CT molecular complexity index is 708. The van der Waals surface area contributed by atoms with Gasteiger partial charge in [0.25, 0.3) is 0 Å².